The molecule has 2 bridgehead atoms. The fourth-order valence-corrected chi connectivity index (χ4v) is 2.82. The Balaban J connectivity index is 1.55. The minimum absolute atomic E-state index is 0.00736. The lowest BCUT2D eigenvalue weighted by molar-refractivity contribution is -0.171. The van der Waals surface area contributed by atoms with E-state index in [-0.39, 0.29) is 18.1 Å². The molecule has 1 amide bonds. The normalized spacial score (nSPS) is 23.7. The summed E-state index contributed by atoms with van der Waals surface area (Å²) in [7, 11) is 0. The van der Waals surface area contributed by atoms with Gasteiger partial charge in [0.15, 0.2) is 0 Å². The predicted octanol–water partition coefficient (Wildman–Crippen LogP) is -0.431. The van der Waals surface area contributed by atoms with Gasteiger partial charge in [-0.2, -0.15) is 4.68 Å². The van der Waals surface area contributed by atoms with Gasteiger partial charge in [-0.25, -0.2) is 9.89 Å². The number of morpholine rings is 1. The first-order chi connectivity index (χ1) is 10.2. The van der Waals surface area contributed by atoms with Gasteiger partial charge in [0.2, 0.25) is 0 Å². The smallest absolute Gasteiger partial charge is 0.365 e. The van der Waals surface area contributed by atoms with E-state index in [1.807, 2.05) is 4.90 Å². The molecular formula is C13H13N5O3. The summed E-state index contributed by atoms with van der Waals surface area (Å²) < 4.78 is 6.66. The van der Waals surface area contributed by atoms with Gasteiger partial charge < -0.3 is 9.64 Å². The number of rotatable bonds is 2. The number of ether oxygens (including phenoxy) is 1. The van der Waals surface area contributed by atoms with Crippen molar-refractivity contribution in [3.63, 3.8) is 0 Å². The van der Waals surface area contributed by atoms with Crippen molar-refractivity contribution in [2.45, 2.75) is 18.6 Å². The summed E-state index contributed by atoms with van der Waals surface area (Å²) >= 11 is 0. The molecule has 8 nitrogen and oxygen atoms in total. The molecule has 8 heteroatoms. The second-order valence-electron chi connectivity index (χ2n) is 5.29. The highest BCUT2D eigenvalue weighted by molar-refractivity contribution is 5.94. The summed E-state index contributed by atoms with van der Waals surface area (Å²) in [4.78, 5) is 25.6. The van der Waals surface area contributed by atoms with Gasteiger partial charge in [-0.15, -0.1) is 0 Å². The standard InChI is InChI=1S/C13H13N5O3/c19-12(17-6-10-5-11(7-17)21-10)8-1-3-9(4-2-8)18-13(20)14-15-16-18/h1-4,10-11H,5-7H2,(H,14,16,20). The number of aromatic nitrogens is 4. The summed E-state index contributed by atoms with van der Waals surface area (Å²) in [5, 5.41) is 9.30. The summed E-state index contributed by atoms with van der Waals surface area (Å²) in [6, 6.07) is 6.75. The molecule has 2 atom stereocenters. The van der Waals surface area contributed by atoms with Crippen molar-refractivity contribution < 1.29 is 9.53 Å². The van der Waals surface area contributed by atoms with Gasteiger partial charge in [-0.05, 0) is 34.7 Å². The van der Waals surface area contributed by atoms with Crippen LogP contribution in [0.1, 0.15) is 16.8 Å². The van der Waals surface area contributed by atoms with E-state index in [9.17, 15) is 9.59 Å². The molecule has 1 aromatic carbocycles. The molecule has 3 aliphatic heterocycles. The van der Waals surface area contributed by atoms with E-state index in [1.165, 1.54) is 0 Å². The van der Waals surface area contributed by atoms with Gasteiger partial charge in [0, 0.05) is 25.1 Å². The minimum Gasteiger partial charge on any atom is -0.371 e. The van der Waals surface area contributed by atoms with E-state index in [4.69, 9.17) is 4.74 Å². The molecule has 0 saturated carbocycles. The second-order valence-corrected chi connectivity index (χ2v) is 5.29. The Morgan fingerprint density at radius 1 is 1.24 bits per heavy atom. The van der Waals surface area contributed by atoms with Crippen LogP contribution in [-0.2, 0) is 4.74 Å². The van der Waals surface area contributed by atoms with Gasteiger partial charge in [0.1, 0.15) is 0 Å². The maximum Gasteiger partial charge on any atom is 0.365 e. The number of benzene rings is 1. The number of amides is 1. The van der Waals surface area contributed by atoms with Gasteiger partial charge in [-0.3, -0.25) is 4.79 Å². The van der Waals surface area contributed by atoms with Crippen LogP contribution in [0.5, 0.6) is 0 Å². The molecule has 108 valence electrons. The molecule has 5 rings (SSSR count). The van der Waals surface area contributed by atoms with Gasteiger partial charge in [0.25, 0.3) is 5.91 Å². The van der Waals surface area contributed by atoms with E-state index in [0.717, 1.165) is 11.1 Å². The molecule has 3 fully saturated rings. The largest absolute Gasteiger partial charge is 0.371 e. The van der Waals surface area contributed by atoms with E-state index in [2.05, 4.69) is 15.5 Å². The molecule has 1 aromatic heterocycles. The number of fused-ring (bicyclic) bond motifs is 2. The first-order valence-corrected chi connectivity index (χ1v) is 6.76. The van der Waals surface area contributed by atoms with Crippen LogP contribution >= 0.6 is 0 Å². The molecular weight excluding hydrogens is 274 g/mol. The number of nitrogens with zero attached hydrogens (tertiary/aromatic N) is 4. The fraction of sp³-hybridized carbons (Fsp3) is 0.385. The zero-order valence-corrected chi connectivity index (χ0v) is 11.1. The summed E-state index contributed by atoms with van der Waals surface area (Å²) in [6.07, 6.45) is 1.44. The number of tetrazole rings is 1. The fourth-order valence-electron chi connectivity index (χ4n) is 2.82. The van der Waals surface area contributed by atoms with Gasteiger partial charge in [0.05, 0.1) is 17.9 Å². The van der Waals surface area contributed by atoms with Crippen LogP contribution in [0.4, 0.5) is 0 Å². The lowest BCUT2D eigenvalue weighted by atomic mass is 9.98. The van der Waals surface area contributed by atoms with Crippen LogP contribution in [0.2, 0.25) is 0 Å². The topological polar surface area (TPSA) is 93.1 Å². The third-order valence-corrected chi connectivity index (χ3v) is 3.88. The van der Waals surface area contributed by atoms with Crippen molar-refractivity contribution in [3.8, 4) is 5.69 Å². The van der Waals surface area contributed by atoms with Crippen molar-refractivity contribution in [1.29, 1.82) is 0 Å². The monoisotopic (exact) mass is 287 g/mol. The summed E-state index contributed by atoms with van der Waals surface area (Å²) in [5.74, 6) is -0.00736. The van der Waals surface area contributed by atoms with Crippen molar-refractivity contribution in [2.75, 3.05) is 13.1 Å². The van der Waals surface area contributed by atoms with E-state index < -0.39 is 5.69 Å². The lowest BCUT2D eigenvalue weighted by Crippen LogP contribution is -2.58. The number of nitrogens with one attached hydrogen (secondary N) is 1. The van der Waals surface area contributed by atoms with Gasteiger partial charge >= 0.3 is 5.69 Å². The zero-order valence-electron chi connectivity index (χ0n) is 11.1. The molecule has 21 heavy (non-hydrogen) atoms. The van der Waals surface area contributed by atoms with Gasteiger partial charge in [-0.1, -0.05) is 0 Å². The first kappa shape index (κ1) is 12.3. The molecule has 2 unspecified atom stereocenters. The van der Waals surface area contributed by atoms with E-state index in [0.29, 0.717) is 24.3 Å². The predicted molar refractivity (Wildman–Crippen MR) is 71.2 cm³/mol. The van der Waals surface area contributed by atoms with Crippen LogP contribution < -0.4 is 5.69 Å². The third kappa shape index (κ3) is 2.04. The number of hydrogen-bond donors (Lipinski definition) is 1. The molecule has 0 radical (unpaired) electrons. The van der Waals surface area contributed by atoms with Crippen molar-refractivity contribution in [3.05, 3.63) is 40.3 Å². The highest BCUT2D eigenvalue weighted by Gasteiger charge is 2.40. The average Bonchev–Trinajstić information content (AvgIpc) is 2.92. The van der Waals surface area contributed by atoms with E-state index >= 15 is 0 Å². The SMILES string of the molecule is O=C(c1ccc(-n2nn[nH]c2=O)cc1)N1CC2CC(C1)O2. The number of hydrogen-bond acceptors (Lipinski definition) is 5. The van der Waals surface area contributed by atoms with Crippen molar-refractivity contribution in [1.82, 2.24) is 25.1 Å². The van der Waals surface area contributed by atoms with Crippen molar-refractivity contribution in [2.24, 2.45) is 0 Å². The number of carbonyl (C=O) groups is 1. The number of H-pyrrole nitrogens is 1. The minimum atomic E-state index is -0.414. The molecule has 3 aliphatic rings. The third-order valence-electron chi connectivity index (χ3n) is 3.88. The molecule has 4 heterocycles. The Labute approximate surface area is 119 Å². The first-order valence-electron chi connectivity index (χ1n) is 6.76. The van der Waals surface area contributed by atoms with Crippen LogP contribution in [0.3, 0.4) is 0 Å². The Morgan fingerprint density at radius 3 is 2.48 bits per heavy atom. The Bertz CT molecular complexity index is 719. The maximum atomic E-state index is 12.4. The van der Waals surface area contributed by atoms with Crippen LogP contribution in [-0.4, -0.2) is 56.3 Å². The highest BCUT2D eigenvalue weighted by atomic mass is 16.5. The summed E-state index contributed by atoms with van der Waals surface area (Å²) in [6.45, 7) is 1.31. The quantitative estimate of drug-likeness (QED) is 0.809. The van der Waals surface area contributed by atoms with Crippen LogP contribution in [0.25, 0.3) is 5.69 Å². The molecule has 0 spiro atoms. The Morgan fingerprint density at radius 2 is 1.90 bits per heavy atom. The Kier molecular flexibility index (Phi) is 2.64. The molecule has 1 N–H and O–H groups in total. The maximum absolute atomic E-state index is 12.4. The lowest BCUT2D eigenvalue weighted by Gasteiger charge is -2.47. The number of aromatic amines is 1. The average molecular weight is 287 g/mol. The summed E-state index contributed by atoms with van der Waals surface area (Å²) in [5.41, 5.74) is 0.745. The van der Waals surface area contributed by atoms with E-state index in [1.54, 1.807) is 24.3 Å². The van der Waals surface area contributed by atoms with Crippen LogP contribution in [0.15, 0.2) is 29.1 Å². The molecule has 2 aromatic rings. The molecule has 0 aliphatic carbocycles. The van der Waals surface area contributed by atoms with Crippen LogP contribution in [0, 0.1) is 0 Å². The highest BCUT2D eigenvalue weighted by Crippen LogP contribution is 2.28. The van der Waals surface area contributed by atoms with Crippen molar-refractivity contribution >= 4 is 5.91 Å². The Hall–Kier alpha value is -2.48. The zero-order chi connectivity index (χ0) is 14.4. The molecule has 3 saturated heterocycles. The second kappa shape index (κ2) is 4.52. The number of carbonyl (C=O) groups excluding carboxylic acids is 1. The number of piperidine rings is 1.